The van der Waals surface area contributed by atoms with Gasteiger partial charge in [-0.1, -0.05) is 24.3 Å². The van der Waals surface area contributed by atoms with Crippen molar-refractivity contribution < 1.29 is 4.79 Å². The quantitative estimate of drug-likeness (QED) is 0.539. The van der Waals surface area contributed by atoms with E-state index in [1.54, 1.807) is 0 Å². The third-order valence-corrected chi connectivity index (χ3v) is 5.45. The van der Waals surface area contributed by atoms with Gasteiger partial charge in [0.1, 0.15) is 5.69 Å². The van der Waals surface area contributed by atoms with Crippen LogP contribution in [0.15, 0.2) is 66.9 Å². The molecule has 1 fully saturated rings. The topological polar surface area (TPSA) is 83.9 Å². The second-order valence-corrected chi connectivity index (χ2v) is 7.60. The summed E-state index contributed by atoms with van der Waals surface area (Å²) in [6.07, 6.45) is 5.20. The molecule has 0 unspecified atom stereocenters. The molecule has 1 amide bonds. The van der Waals surface area contributed by atoms with Gasteiger partial charge >= 0.3 is 0 Å². The molecule has 31 heavy (non-hydrogen) atoms. The molecule has 1 aliphatic heterocycles. The third kappa shape index (κ3) is 4.21. The molecule has 7 nitrogen and oxygen atoms in total. The van der Waals surface area contributed by atoms with Gasteiger partial charge in [0.05, 0.1) is 22.9 Å². The number of amides is 1. The monoisotopic (exact) mass is 410 g/mol. The van der Waals surface area contributed by atoms with Crippen LogP contribution in [0.3, 0.4) is 0 Å². The molecule has 1 aliphatic rings. The van der Waals surface area contributed by atoms with Crippen molar-refractivity contribution in [2.75, 3.05) is 23.3 Å². The first-order valence-corrected chi connectivity index (χ1v) is 10.5. The molecule has 154 valence electrons. The van der Waals surface area contributed by atoms with Gasteiger partial charge < -0.3 is 10.2 Å². The average molecular weight is 410 g/mol. The van der Waals surface area contributed by atoms with Crippen LogP contribution in [0.25, 0.3) is 22.3 Å². The van der Waals surface area contributed by atoms with E-state index < -0.39 is 0 Å². The first kappa shape index (κ1) is 19.1. The van der Waals surface area contributed by atoms with Crippen molar-refractivity contribution in [3.63, 3.8) is 0 Å². The largest absolute Gasteiger partial charge is 0.355 e. The lowest BCUT2D eigenvalue weighted by Crippen LogP contribution is -2.30. The summed E-state index contributed by atoms with van der Waals surface area (Å²) in [7, 11) is 0. The Labute approximate surface area is 180 Å². The second kappa shape index (κ2) is 8.47. The van der Waals surface area contributed by atoms with Crippen molar-refractivity contribution >= 4 is 28.4 Å². The molecule has 0 saturated carbocycles. The highest BCUT2D eigenvalue weighted by Gasteiger charge is 2.13. The molecule has 0 atom stereocenters. The Morgan fingerprint density at radius 3 is 2.35 bits per heavy atom. The highest BCUT2D eigenvalue weighted by atomic mass is 16.1. The van der Waals surface area contributed by atoms with Crippen LogP contribution < -0.4 is 10.2 Å². The van der Waals surface area contributed by atoms with Gasteiger partial charge in [0.25, 0.3) is 5.91 Å². The maximum atomic E-state index is 12.6. The van der Waals surface area contributed by atoms with Crippen molar-refractivity contribution in [2.24, 2.45) is 0 Å². The predicted octanol–water partition coefficient (Wildman–Crippen LogP) is 4.33. The first-order valence-electron chi connectivity index (χ1n) is 10.5. The minimum Gasteiger partial charge on any atom is -0.355 e. The van der Waals surface area contributed by atoms with Crippen LogP contribution in [0.5, 0.6) is 0 Å². The van der Waals surface area contributed by atoms with E-state index in [2.05, 4.69) is 30.4 Å². The Kier molecular flexibility index (Phi) is 5.22. The van der Waals surface area contributed by atoms with E-state index >= 15 is 0 Å². The number of carbonyl (C=O) groups excluding carboxylic acids is 1. The van der Waals surface area contributed by atoms with Crippen LogP contribution in [-0.2, 0) is 0 Å². The number of rotatable bonds is 4. The van der Waals surface area contributed by atoms with Crippen LogP contribution in [0.2, 0.25) is 0 Å². The van der Waals surface area contributed by atoms with Crippen molar-refractivity contribution in [1.82, 2.24) is 20.2 Å². The number of aromatic nitrogens is 4. The summed E-state index contributed by atoms with van der Waals surface area (Å²) in [4.78, 5) is 23.5. The van der Waals surface area contributed by atoms with Crippen molar-refractivity contribution in [3.05, 3.63) is 72.6 Å². The van der Waals surface area contributed by atoms with E-state index in [1.165, 1.54) is 25.5 Å². The Balaban J connectivity index is 1.27. The zero-order chi connectivity index (χ0) is 21.0. The van der Waals surface area contributed by atoms with Gasteiger partial charge in [0, 0.05) is 24.3 Å². The van der Waals surface area contributed by atoms with Crippen molar-refractivity contribution in [3.8, 4) is 11.3 Å². The van der Waals surface area contributed by atoms with E-state index in [0.717, 1.165) is 35.7 Å². The number of hydrogen-bond donors (Lipinski definition) is 1. The summed E-state index contributed by atoms with van der Waals surface area (Å²) in [6.45, 7) is 2.09. The zero-order valence-electron chi connectivity index (χ0n) is 17.0. The Bertz CT molecular complexity index is 1200. The minimum absolute atomic E-state index is 0.280. The molecule has 0 spiro atoms. The lowest BCUT2D eigenvalue weighted by Gasteiger charge is -2.27. The molecule has 1 saturated heterocycles. The lowest BCUT2D eigenvalue weighted by molar-refractivity contribution is 0.102. The molecule has 5 rings (SSSR count). The zero-order valence-corrected chi connectivity index (χ0v) is 17.0. The third-order valence-electron chi connectivity index (χ3n) is 5.45. The fourth-order valence-electron chi connectivity index (χ4n) is 3.76. The van der Waals surface area contributed by atoms with E-state index in [9.17, 15) is 4.79 Å². The number of para-hydroxylation sites is 2. The Morgan fingerprint density at radius 2 is 1.61 bits per heavy atom. The Morgan fingerprint density at radius 1 is 0.839 bits per heavy atom. The number of piperidine rings is 1. The number of carbonyl (C=O) groups is 1. The number of nitrogens with one attached hydrogen (secondary N) is 1. The fourth-order valence-corrected chi connectivity index (χ4v) is 3.76. The average Bonchev–Trinajstić information content (AvgIpc) is 2.85. The van der Waals surface area contributed by atoms with Crippen molar-refractivity contribution in [2.45, 2.75) is 19.3 Å². The van der Waals surface area contributed by atoms with Gasteiger partial charge in [-0.25, -0.2) is 4.98 Å². The highest BCUT2D eigenvalue weighted by molar-refractivity contribution is 6.03. The summed E-state index contributed by atoms with van der Waals surface area (Å²) < 4.78 is 0. The van der Waals surface area contributed by atoms with E-state index in [1.807, 2.05) is 60.7 Å². The fraction of sp³-hybridized carbons (Fsp3) is 0.208. The van der Waals surface area contributed by atoms with Gasteiger partial charge in [0.2, 0.25) is 0 Å². The van der Waals surface area contributed by atoms with Gasteiger partial charge in [-0.2, -0.15) is 0 Å². The molecule has 4 aromatic rings. The second-order valence-electron chi connectivity index (χ2n) is 7.60. The van der Waals surface area contributed by atoms with Crippen LogP contribution in [-0.4, -0.2) is 39.2 Å². The molecular weight excluding hydrogens is 388 g/mol. The maximum Gasteiger partial charge on any atom is 0.275 e. The smallest absolute Gasteiger partial charge is 0.275 e. The molecule has 2 aromatic heterocycles. The number of nitrogens with zero attached hydrogens (tertiary/aromatic N) is 5. The molecule has 1 N–H and O–H groups in total. The number of anilines is 2. The first-order chi connectivity index (χ1) is 15.3. The van der Waals surface area contributed by atoms with E-state index in [0.29, 0.717) is 11.2 Å². The molecule has 3 heterocycles. The maximum absolute atomic E-state index is 12.6. The van der Waals surface area contributed by atoms with Crippen LogP contribution in [0, 0.1) is 0 Å². The standard InChI is InChI=1S/C24H22N6O/c31-24(22-16-25-20-6-2-3-7-21(20)27-22)26-18-10-8-17(9-11-18)19-12-13-23(29-28-19)30-14-4-1-5-15-30/h2-3,6-13,16H,1,4-5,14-15H2,(H,26,31). The van der Waals surface area contributed by atoms with Crippen LogP contribution in [0.1, 0.15) is 29.8 Å². The number of benzene rings is 2. The number of fused-ring (bicyclic) bond motifs is 1. The van der Waals surface area contributed by atoms with Crippen LogP contribution >= 0.6 is 0 Å². The molecule has 0 bridgehead atoms. The Hall–Kier alpha value is -3.87. The summed E-state index contributed by atoms with van der Waals surface area (Å²) in [6, 6.07) is 19.0. The van der Waals surface area contributed by atoms with Gasteiger partial charge in [0.15, 0.2) is 5.82 Å². The normalized spacial score (nSPS) is 13.9. The predicted molar refractivity (Wildman–Crippen MR) is 121 cm³/mol. The van der Waals surface area contributed by atoms with Crippen LogP contribution in [0.4, 0.5) is 11.5 Å². The highest BCUT2D eigenvalue weighted by Crippen LogP contribution is 2.22. The molecule has 0 aliphatic carbocycles. The van der Waals surface area contributed by atoms with Gasteiger partial charge in [-0.3, -0.25) is 9.78 Å². The van der Waals surface area contributed by atoms with E-state index in [-0.39, 0.29) is 11.6 Å². The van der Waals surface area contributed by atoms with E-state index in [4.69, 9.17) is 0 Å². The van der Waals surface area contributed by atoms with Gasteiger partial charge in [-0.15, -0.1) is 10.2 Å². The summed E-state index contributed by atoms with van der Waals surface area (Å²) in [5.41, 5.74) is 4.16. The summed E-state index contributed by atoms with van der Waals surface area (Å²) >= 11 is 0. The molecule has 2 aromatic carbocycles. The molecular formula is C24H22N6O. The van der Waals surface area contributed by atoms with Gasteiger partial charge in [-0.05, 0) is 55.7 Å². The molecule has 7 heteroatoms. The SMILES string of the molecule is O=C(Nc1ccc(-c2ccc(N3CCCCC3)nn2)cc1)c1cnc2ccccc2n1. The van der Waals surface area contributed by atoms with Crippen molar-refractivity contribution in [1.29, 1.82) is 0 Å². The minimum atomic E-state index is -0.295. The molecule has 0 radical (unpaired) electrons. The number of hydrogen-bond acceptors (Lipinski definition) is 6. The summed E-state index contributed by atoms with van der Waals surface area (Å²) in [5, 5.41) is 11.7. The summed E-state index contributed by atoms with van der Waals surface area (Å²) in [5.74, 6) is 0.639. The lowest BCUT2D eigenvalue weighted by atomic mass is 10.1.